The second-order valence-electron chi connectivity index (χ2n) is 8.82. The third-order valence-corrected chi connectivity index (χ3v) is 8.57. The molecule has 0 N–H and O–H groups in total. The number of thiophene rings is 2. The molecule has 2 aliphatic rings. The van der Waals surface area contributed by atoms with Gasteiger partial charge in [0.1, 0.15) is 10.6 Å². The largest absolute Gasteiger partial charge is 0.288 e. The average molecular weight is 453 g/mol. The molecule has 0 fully saturated rings. The van der Waals surface area contributed by atoms with Crippen LogP contribution in [0.15, 0.2) is 58.9 Å². The number of hydrogen-bond acceptors (Lipinski definition) is 5. The van der Waals surface area contributed by atoms with Crippen LogP contribution in [0.25, 0.3) is 33.0 Å². The zero-order valence-corrected chi connectivity index (χ0v) is 18.9. The summed E-state index contributed by atoms with van der Waals surface area (Å²) in [6, 6.07) is 12.7. The fourth-order valence-corrected chi connectivity index (χ4v) is 7.22. The molecule has 154 valence electrons. The van der Waals surface area contributed by atoms with Gasteiger partial charge in [-0.25, -0.2) is 4.98 Å². The second-order valence-corrected chi connectivity index (χ2v) is 10.6. The molecule has 0 unspecified atom stereocenters. The number of benzene rings is 1. The summed E-state index contributed by atoms with van der Waals surface area (Å²) in [7, 11) is 0. The van der Waals surface area contributed by atoms with Crippen molar-refractivity contribution < 1.29 is 9.59 Å². The maximum absolute atomic E-state index is 12.8. The predicted octanol–water partition coefficient (Wildman–Crippen LogP) is 6.40. The predicted molar refractivity (Wildman–Crippen MR) is 130 cm³/mol. The van der Waals surface area contributed by atoms with Crippen molar-refractivity contribution in [3.05, 3.63) is 86.1 Å². The molecule has 1 aliphatic carbocycles. The van der Waals surface area contributed by atoms with Crippen LogP contribution in [-0.4, -0.2) is 21.1 Å². The van der Waals surface area contributed by atoms with E-state index in [4.69, 9.17) is 4.98 Å². The lowest BCUT2D eigenvalue weighted by atomic mass is 9.76. The molecule has 32 heavy (non-hydrogen) atoms. The molecular weight excluding hydrogens is 436 g/mol. The normalized spacial score (nSPS) is 16.1. The first-order valence-electron chi connectivity index (χ1n) is 10.4. The van der Waals surface area contributed by atoms with Crippen molar-refractivity contribution in [3.8, 4) is 5.00 Å². The molecule has 0 amide bonds. The summed E-state index contributed by atoms with van der Waals surface area (Å²) in [6.07, 6.45) is 3.60. The van der Waals surface area contributed by atoms with E-state index < -0.39 is 0 Å². The van der Waals surface area contributed by atoms with Gasteiger partial charge in [0.15, 0.2) is 11.6 Å². The first kappa shape index (κ1) is 18.2. The van der Waals surface area contributed by atoms with E-state index in [-0.39, 0.29) is 22.6 Å². The molecule has 0 saturated heterocycles. The summed E-state index contributed by atoms with van der Waals surface area (Å²) in [6.45, 7) is 4.48. The lowest BCUT2D eigenvalue weighted by Gasteiger charge is -2.32. The van der Waals surface area contributed by atoms with E-state index in [1.54, 1.807) is 28.2 Å². The molecule has 0 atom stereocenters. The van der Waals surface area contributed by atoms with Gasteiger partial charge in [0.25, 0.3) is 0 Å². The molecular formula is C26H16N2O2S2. The van der Waals surface area contributed by atoms with E-state index >= 15 is 0 Å². The number of para-hydroxylation sites is 1. The fraction of sp³-hybridized carbons (Fsp3) is 0.115. The highest BCUT2D eigenvalue weighted by Gasteiger charge is 2.38. The molecule has 0 bridgehead atoms. The second kappa shape index (κ2) is 5.91. The standard InChI is InChI=1S/C26H16N2O2S2/c1-26(2)19-7-3-5-14-15-6-4-8-27-24(15)28(21(14)19)25-20(26)10-13(32-25)9-16-22(29)17-11-31-12-18(17)23(16)30/h3-12H,1-2H3. The average Bonchev–Trinajstić information content (AvgIpc) is 3.54. The topological polar surface area (TPSA) is 52.0 Å². The molecule has 0 spiro atoms. The van der Waals surface area contributed by atoms with Crippen LogP contribution in [0, 0.1) is 0 Å². The van der Waals surface area contributed by atoms with Crippen molar-refractivity contribution in [3.63, 3.8) is 0 Å². The van der Waals surface area contributed by atoms with Gasteiger partial charge in [-0.05, 0) is 35.4 Å². The van der Waals surface area contributed by atoms with Crippen molar-refractivity contribution in [1.82, 2.24) is 9.55 Å². The van der Waals surface area contributed by atoms with E-state index in [1.165, 1.54) is 33.4 Å². The molecule has 0 radical (unpaired) electrons. The molecule has 1 aliphatic heterocycles. The number of pyridine rings is 1. The molecule has 5 heterocycles. The van der Waals surface area contributed by atoms with Crippen molar-refractivity contribution in [2.45, 2.75) is 19.3 Å². The monoisotopic (exact) mass is 452 g/mol. The lowest BCUT2D eigenvalue weighted by Crippen LogP contribution is -2.24. The number of nitrogens with zero attached hydrogens (tertiary/aromatic N) is 2. The van der Waals surface area contributed by atoms with Gasteiger partial charge in [0, 0.05) is 49.1 Å². The van der Waals surface area contributed by atoms with Gasteiger partial charge >= 0.3 is 0 Å². The fourth-order valence-electron chi connectivity index (χ4n) is 5.14. The minimum Gasteiger partial charge on any atom is -0.288 e. The van der Waals surface area contributed by atoms with Gasteiger partial charge in [0.2, 0.25) is 0 Å². The Morgan fingerprint density at radius 2 is 1.72 bits per heavy atom. The number of allylic oxidation sites excluding steroid dienone is 1. The van der Waals surface area contributed by atoms with E-state index in [9.17, 15) is 9.59 Å². The maximum atomic E-state index is 12.8. The van der Waals surface area contributed by atoms with Crippen molar-refractivity contribution in [2.24, 2.45) is 0 Å². The van der Waals surface area contributed by atoms with Crippen molar-refractivity contribution in [2.75, 3.05) is 0 Å². The summed E-state index contributed by atoms with van der Waals surface area (Å²) in [5.74, 6) is -0.341. The summed E-state index contributed by atoms with van der Waals surface area (Å²) in [4.78, 5) is 31.3. The van der Waals surface area contributed by atoms with Crippen LogP contribution in [0.5, 0.6) is 0 Å². The number of fused-ring (bicyclic) bond motifs is 6. The molecule has 7 rings (SSSR count). The number of ketones is 2. The van der Waals surface area contributed by atoms with Gasteiger partial charge in [-0.1, -0.05) is 32.0 Å². The Hall–Kier alpha value is -3.35. The molecule has 4 aromatic heterocycles. The number of carbonyl (C=O) groups excluding carboxylic acids is 2. The minimum absolute atomic E-state index is 0.171. The van der Waals surface area contributed by atoms with E-state index in [0.717, 1.165) is 20.9 Å². The summed E-state index contributed by atoms with van der Waals surface area (Å²) in [5, 5.41) is 6.97. The number of aromatic nitrogens is 2. The SMILES string of the molecule is CC1(C)c2cc(C=C3C(=O)c4cscc4C3=O)sc2-n2c3ncccc3c3cccc1c32. The highest BCUT2D eigenvalue weighted by molar-refractivity contribution is 7.15. The van der Waals surface area contributed by atoms with Crippen molar-refractivity contribution in [1.29, 1.82) is 0 Å². The van der Waals surface area contributed by atoms with Gasteiger partial charge < -0.3 is 0 Å². The van der Waals surface area contributed by atoms with Crippen LogP contribution < -0.4 is 0 Å². The van der Waals surface area contributed by atoms with Crippen LogP contribution in [0.2, 0.25) is 0 Å². The van der Waals surface area contributed by atoms with E-state index in [2.05, 4.69) is 48.7 Å². The van der Waals surface area contributed by atoms with E-state index in [1.807, 2.05) is 12.3 Å². The summed E-state index contributed by atoms with van der Waals surface area (Å²) < 4.78 is 2.25. The number of hydrogen-bond donors (Lipinski definition) is 0. The Kier molecular flexibility index (Phi) is 3.37. The van der Waals surface area contributed by atoms with Crippen LogP contribution in [0.4, 0.5) is 0 Å². The smallest absolute Gasteiger partial charge is 0.198 e. The quantitative estimate of drug-likeness (QED) is 0.218. The van der Waals surface area contributed by atoms with Gasteiger partial charge in [-0.3, -0.25) is 14.2 Å². The first-order chi connectivity index (χ1) is 15.5. The van der Waals surface area contributed by atoms with Gasteiger partial charge in [-0.15, -0.1) is 11.3 Å². The molecule has 0 saturated carbocycles. The summed E-state index contributed by atoms with van der Waals surface area (Å²) >= 11 is 3.01. The number of rotatable bonds is 1. The molecule has 1 aromatic carbocycles. The Balaban J connectivity index is 1.51. The summed E-state index contributed by atoms with van der Waals surface area (Å²) in [5.41, 5.74) is 5.67. The third kappa shape index (κ3) is 2.09. The third-order valence-electron chi connectivity index (χ3n) is 6.76. The molecule has 6 heteroatoms. The molecule has 4 nitrogen and oxygen atoms in total. The van der Waals surface area contributed by atoms with Crippen LogP contribution >= 0.6 is 22.7 Å². The highest BCUT2D eigenvalue weighted by Crippen LogP contribution is 2.50. The van der Waals surface area contributed by atoms with Crippen LogP contribution in [-0.2, 0) is 5.41 Å². The lowest BCUT2D eigenvalue weighted by molar-refractivity contribution is 0.0990. The Morgan fingerprint density at radius 3 is 2.50 bits per heavy atom. The van der Waals surface area contributed by atoms with Gasteiger partial charge in [-0.2, -0.15) is 11.3 Å². The zero-order valence-electron chi connectivity index (χ0n) is 17.3. The first-order valence-corrected chi connectivity index (χ1v) is 12.1. The minimum atomic E-state index is -0.214. The molecule has 5 aromatic rings. The highest BCUT2D eigenvalue weighted by atomic mass is 32.1. The van der Waals surface area contributed by atoms with E-state index in [0.29, 0.717) is 11.1 Å². The van der Waals surface area contributed by atoms with Crippen LogP contribution in [0.1, 0.15) is 50.6 Å². The maximum Gasteiger partial charge on any atom is 0.198 e. The Labute approximate surface area is 191 Å². The number of Topliss-reactive ketones (excluding diaryl/α,β-unsaturated/α-hetero) is 2. The van der Waals surface area contributed by atoms with Gasteiger partial charge in [0.05, 0.1) is 11.1 Å². The number of carbonyl (C=O) groups is 2. The van der Waals surface area contributed by atoms with Crippen LogP contribution in [0.3, 0.4) is 0 Å². The van der Waals surface area contributed by atoms with Crippen molar-refractivity contribution >= 4 is 62.3 Å². The Bertz CT molecular complexity index is 1660. The zero-order chi connectivity index (χ0) is 21.8. The Morgan fingerprint density at radius 1 is 0.969 bits per heavy atom.